The summed E-state index contributed by atoms with van der Waals surface area (Å²) >= 11 is 0. The number of nitrogens with zero attached hydrogens (tertiary/aromatic N) is 1. The molecule has 1 aliphatic rings. The molecule has 0 atom stereocenters. The molecule has 2 aromatic rings. The first kappa shape index (κ1) is 16.9. The molecule has 0 saturated heterocycles. The Bertz CT molecular complexity index is 808. The van der Waals surface area contributed by atoms with Gasteiger partial charge in [-0.15, -0.1) is 0 Å². The molecular formula is C20H18FNO3. The second-order valence-electron chi connectivity index (χ2n) is 5.55. The minimum absolute atomic E-state index is 0.269. The van der Waals surface area contributed by atoms with Crippen LogP contribution in [-0.4, -0.2) is 18.5 Å². The molecule has 0 spiro atoms. The van der Waals surface area contributed by atoms with Gasteiger partial charge in [-0.1, -0.05) is 24.3 Å². The Labute approximate surface area is 145 Å². The molecule has 1 heterocycles. The van der Waals surface area contributed by atoms with Crippen LogP contribution in [-0.2, 0) is 16.0 Å². The molecule has 25 heavy (non-hydrogen) atoms. The SMILES string of the molecule is CCOc1ccc(/C=C2/N=C(CCc3ccc(F)cc3)OC2=O)cc1. The number of halogens is 1. The maximum Gasteiger partial charge on any atom is 0.363 e. The van der Waals surface area contributed by atoms with Crippen LogP contribution in [0.2, 0.25) is 0 Å². The molecule has 0 aromatic heterocycles. The monoisotopic (exact) mass is 339 g/mol. The van der Waals surface area contributed by atoms with Gasteiger partial charge in [0.15, 0.2) is 11.6 Å². The Kier molecular flexibility index (Phi) is 5.23. The van der Waals surface area contributed by atoms with Crippen LogP contribution in [0.5, 0.6) is 5.75 Å². The Morgan fingerprint density at radius 2 is 1.80 bits per heavy atom. The van der Waals surface area contributed by atoms with Crippen molar-refractivity contribution in [2.24, 2.45) is 4.99 Å². The lowest BCUT2D eigenvalue weighted by Gasteiger charge is -2.02. The molecule has 0 radical (unpaired) electrons. The number of aliphatic imine (C=N–C) groups is 1. The Hall–Kier alpha value is -2.95. The van der Waals surface area contributed by atoms with E-state index in [1.165, 1.54) is 12.1 Å². The van der Waals surface area contributed by atoms with Crippen molar-refractivity contribution in [1.82, 2.24) is 0 Å². The first-order chi connectivity index (χ1) is 12.1. The van der Waals surface area contributed by atoms with Crippen LogP contribution in [0.3, 0.4) is 0 Å². The quantitative estimate of drug-likeness (QED) is 0.587. The summed E-state index contributed by atoms with van der Waals surface area (Å²) in [7, 11) is 0. The number of hydrogen-bond donors (Lipinski definition) is 0. The van der Waals surface area contributed by atoms with Crippen molar-refractivity contribution in [2.45, 2.75) is 19.8 Å². The number of esters is 1. The Morgan fingerprint density at radius 3 is 2.48 bits per heavy atom. The summed E-state index contributed by atoms with van der Waals surface area (Å²) < 4.78 is 23.5. The summed E-state index contributed by atoms with van der Waals surface area (Å²) in [6, 6.07) is 13.6. The van der Waals surface area contributed by atoms with E-state index in [4.69, 9.17) is 9.47 Å². The van der Waals surface area contributed by atoms with Crippen molar-refractivity contribution in [2.75, 3.05) is 6.61 Å². The predicted molar refractivity (Wildman–Crippen MR) is 93.8 cm³/mol. The molecule has 0 amide bonds. The fraction of sp³-hybridized carbons (Fsp3) is 0.200. The number of carbonyl (C=O) groups is 1. The summed E-state index contributed by atoms with van der Waals surface area (Å²) in [6.07, 6.45) is 2.80. The lowest BCUT2D eigenvalue weighted by atomic mass is 10.1. The highest BCUT2D eigenvalue weighted by atomic mass is 19.1. The lowest BCUT2D eigenvalue weighted by molar-refractivity contribution is -0.130. The van der Waals surface area contributed by atoms with Gasteiger partial charge < -0.3 is 9.47 Å². The summed E-state index contributed by atoms with van der Waals surface area (Å²) in [4.78, 5) is 16.2. The van der Waals surface area contributed by atoms with Gasteiger partial charge in [0.05, 0.1) is 6.61 Å². The number of ether oxygens (including phenoxy) is 2. The average Bonchev–Trinajstić information content (AvgIpc) is 2.96. The summed E-state index contributed by atoms with van der Waals surface area (Å²) in [6.45, 7) is 2.53. The smallest absolute Gasteiger partial charge is 0.363 e. The largest absolute Gasteiger partial charge is 0.494 e. The van der Waals surface area contributed by atoms with Gasteiger partial charge in [0.1, 0.15) is 11.6 Å². The van der Waals surface area contributed by atoms with Crippen molar-refractivity contribution in [3.8, 4) is 5.75 Å². The normalized spacial score (nSPS) is 15.2. The van der Waals surface area contributed by atoms with Crippen LogP contribution in [0.4, 0.5) is 4.39 Å². The number of carbonyl (C=O) groups excluding carboxylic acids is 1. The molecular weight excluding hydrogens is 321 g/mol. The van der Waals surface area contributed by atoms with E-state index in [0.29, 0.717) is 25.3 Å². The van der Waals surface area contributed by atoms with Crippen molar-refractivity contribution in [1.29, 1.82) is 0 Å². The van der Waals surface area contributed by atoms with E-state index in [-0.39, 0.29) is 11.5 Å². The Morgan fingerprint density at radius 1 is 1.08 bits per heavy atom. The standard InChI is InChI=1S/C20H18FNO3/c1-2-24-17-10-5-15(6-11-17)13-18-20(23)25-19(22-18)12-7-14-3-8-16(21)9-4-14/h3-6,8-11,13H,2,7,12H2,1H3/b18-13+. The molecule has 3 rings (SSSR count). The fourth-order valence-electron chi connectivity index (χ4n) is 2.45. The molecule has 5 heteroatoms. The van der Waals surface area contributed by atoms with E-state index >= 15 is 0 Å². The van der Waals surface area contributed by atoms with E-state index in [2.05, 4.69) is 4.99 Å². The third-order valence-corrected chi connectivity index (χ3v) is 3.70. The van der Waals surface area contributed by atoms with Gasteiger partial charge in [-0.3, -0.25) is 0 Å². The Balaban J connectivity index is 1.65. The second kappa shape index (κ2) is 7.75. The first-order valence-corrected chi connectivity index (χ1v) is 8.13. The second-order valence-corrected chi connectivity index (χ2v) is 5.55. The zero-order chi connectivity index (χ0) is 17.6. The summed E-state index contributed by atoms with van der Waals surface area (Å²) in [5.74, 6) is 0.436. The number of benzene rings is 2. The van der Waals surface area contributed by atoms with Crippen molar-refractivity contribution < 1.29 is 18.7 Å². The van der Waals surface area contributed by atoms with Gasteiger partial charge >= 0.3 is 5.97 Å². The van der Waals surface area contributed by atoms with Gasteiger partial charge in [0.25, 0.3) is 0 Å². The zero-order valence-corrected chi connectivity index (χ0v) is 13.9. The highest BCUT2D eigenvalue weighted by molar-refractivity contribution is 6.07. The highest BCUT2D eigenvalue weighted by Crippen LogP contribution is 2.20. The highest BCUT2D eigenvalue weighted by Gasteiger charge is 2.22. The minimum atomic E-state index is -0.456. The van der Waals surface area contributed by atoms with Gasteiger partial charge in [0, 0.05) is 6.42 Å². The average molecular weight is 339 g/mol. The predicted octanol–water partition coefficient (Wildman–Crippen LogP) is 4.15. The number of cyclic esters (lactones) is 1. The first-order valence-electron chi connectivity index (χ1n) is 8.13. The molecule has 1 aliphatic heterocycles. The number of aryl methyl sites for hydroxylation is 1. The van der Waals surface area contributed by atoms with Crippen LogP contribution in [0.1, 0.15) is 24.5 Å². The van der Waals surface area contributed by atoms with Gasteiger partial charge in [-0.25, -0.2) is 14.2 Å². The van der Waals surface area contributed by atoms with E-state index in [1.807, 2.05) is 31.2 Å². The van der Waals surface area contributed by atoms with E-state index in [0.717, 1.165) is 16.9 Å². The summed E-state index contributed by atoms with van der Waals surface area (Å²) in [5, 5.41) is 0. The van der Waals surface area contributed by atoms with Crippen molar-refractivity contribution in [3.05, 3.63) is 71.2 Å². The molecule has 0 N–H and O–H groups in total. The van der Waals surface area contributed by atoms with Crippen molar-refractivity contribution in [3.63, 3.8) is 0 Å². The fourth-order valence-corrected chi connectivity index (χ4v) is 2.45. The van der Waals surface area contributed by atoms with E-state index in [9.17, 15) is 9.18 Å². The van der Waals surface area contributed by atoms with E-state index < -0.39 is 5.97 Å². The third kappa shape index (κ3) is 4.53. The van der Waals surface area contributed by atoms with Gasteiger partial charge in [-0.05, 0) is 54.8 Å². The molecule has 0 saturated carbocycles. The van der Waals surface area contributed by atoms with Crippen LogP contribution in [0, 0.1) is 5.82 Å². The van der Waals surface area contributed by atoms with Crippen LogP contribution in [0.15, 0.2) is 59.2 Å². The van der Waals surface area contributed by atoms with Gasteiger partial charge in [-0.2, -0.15) is 0 Å². The number of hydrogen-bond acceptors (Lipinski definition) is 4. The van der Waals surface area contributed by atoms with E-state index in [1.54, 1.807) is 18.2 Å². The van der Waals surface area contributed by atoms with Crippen LogP contribution >= 0.6 is 0 Å². The maximum absolute atomic E-state index is 12.9. The summed E-state index contributed by atoms with van der Waals surface area (Å²) in [5.41, 5.74) is 2.08. The molecule has 2 aromatic carbocycles. The molecule has 0 unspecified atom stereocenters. The minimum Gasteiger partial charge on any atom is -0.494 e. The molecule has 0 bridgehead atoms. The molecule has 4 nitrogen and oxygen atoms in total. The molecule has 0 aliphatic carbocycles. The van der Waals surface area contributed by atoms with Crippen LogP contribution in [0.25, 0.3) is 6.08 Å². The van der Waals surface area contributed by atoms with Crippen molar-refractivity contribution >= 4 is 17.9 Å². The maximum atomic E-state index is 12.9. The van der Waals surface area contributed by atoms with Gasteiger partial charge in [0.2, 0.25) is 0 Å². The molecule has 128 valence electrons. The number of rotatable bonds is 6. The molecule has 0 fully saturated rings. The zero-order valence-electron chi connectivity index (χ0n) is 13.9. The topological polar surface area (TPSA) is 47.9 Å². The lowest BCUT2D eigenvalue weighted by Crippen LogP contribution is -2.05. The third-order valence-electron chi connectivity index (χ3n) is 3.70. The van der Waals surface area contributed by atoms with Crippen LogP contribution < -0.4 is 4.74 Å².